The molecule has 1 aromatic rings. The summed E-state index contributed by atoms with van der Waals surface area (Å²) in [7, 11) is 1.62. The lowest BCUT2D eigenvalue weighted by atomic mass is 10.2. The number of hydrogen-bond donors (Lipinski definition) is 1. The zero-order valence-corrected chi connectivity index (χ0v) is 10.9. The van der Waals surface area contributed by atoms with Crippen molar-refractivity contribution in [3.63, 3.8) is 0 Å². The first-order valence-corrected chi connectivity index (χ1v) is 6.37. The van der Waals surface area contributed by atoms with Gasteiger partial charge in [0.1, 0.15) is 6.61 Å². The molecule has 0 aliphatic heterocycles. The van der Waals surface area contributed by atoms with Gasteiger partial charge in [-0.3, -0.25) is 0 Å². The molecule has 2 rings (SSSR count). The molecule has 100 valence electrons. The average Bonchev–Trinajstić information content (AvgIpc) is 3.18. The summed E-state index contributed by atoms with van der Waals surface area (Å²) in [5.74, 6) is 0.0305. The van der Waals surface area contributed by atoms with E-state index in [1.54, 1.807) is 13.2 Å². The summed E-state index contributed by atoms with van der Waals surface area (Å²) in [5.41, 5.74) is 0.866. The van der Waals surface area contributed by atoms with Crippen LogP contribution in [0.1, 0.15) is 25.3 Å². The second kappa shape index (κ2) is 6.16. The largest absolute Gasteiger partial charge is 0.487 e. The predicted molar refractivity (Wildman–Crippen MR) is 68.2 cm³/mol. The zero-order valence-electron chi connectivity index (χ0n) is 10.9. The molecule has 1 N–H and O–H groups in total. The molecule has 18 heavy (non-hydrogen) atoms. The molecule has 0 heterocycles. The highest BCUT2D eigenvalue weighted by molar-refractivity contribution is 5.35. The third kappa shape index (κ3) is 3.68. The molecule has 0 bridgehead atoms. The van der Waals surface area contributed by atoms with Crippen molar-refractivity contribution in [3.05, 3.63) is 29.6 Å². The van der Waals surface area contributed by atoms with Gasteiger partial charge in [-0.2, -0.15) is 0 Å². The molecule has 4 heteroatoms. The number of ether oxygens (including phenoxy) is 2. The maximum Gasteiger partial charge on any atom is 0.165 e. The van der Waals surface area contributed by atoms with E-state index in [9.17, 15) is 4.39 Å². The van der Waals surface area contributed by atoms with E-state index >= 15 is 0 Å². The highest BCUT2D eigenvalue weighted by Gasteiger charge is 2.21. The Morgan fingerprint density at radius 1 is 1.44 bits per heavy atom. The molecule has 0 amide bonds. The summed E-state index contributed by atoms with van der Waals surface area (Å²) in [6.45, 7) is 2.90. The van der Waals surface area contributed by atoms with Gasteiger partial charge < -0.3 is 14.8 Å². The van der Waals surface area contributed by atoms with E-state index in [1.165, 1.54) is 18.9 Å². The quantitative estimate of drug-likeness (QED) is 0.810. The summed E-state index contributed by atoms with van der Waals surface area (Å²) in [6, 6.07) is 5.63. The summed E-state index contributed by atoms with van der Waals surface area (Å²) in [5, 5.41) is 3.36. The van der Waals surface area contributed by atoms with Crippen LogP contribution in [0.3, 0.4) is 0 Å². The molecule has 1 aromatic carbocycles. The highest BCUT2D eigenvalue weighted by Crippen LogP contribution is 2.25. The van der Waals surface area contributed by atoms with E-state index in [0.717, 1.165) is 5.56 Å². The fraction of sp³-hybridized carbons (Fsp3) is 0.571. The van der Waals surface area contributed by atoms with E-state index < -0.39 is 0 Å². The Morgan fingerprint density at radius 3 is 2.89 bits per heavy atom. The van der Waals surface area contributed by atoms with E-state index in [4.69, 9.17) is 9.47 Å². The van der Waals surface area contributed by atoms with Crippen molar-refractivity contribution in [3.8, 4) is 5.75 Å². The van der Waals surface area contributed by atoms with Crippen molar-refractivity contribution in [2.75, 3.05) is 13.7 Å². The van der Waals surface area contributed by atoms with Crippen molar-refractivity contribution < 1.29 is 13.9 Å². The predicted octanol–water partition coefficient (Wildman–Crippen LogP) is 2.49. The van der Waals surface area contributed by atoms with E-state index in [-0.39, 0.29) is 11.9 Å². The Labute approximate surface area is 107 Å². The Bertz CT molecular complexity index is 393. The molecule has 0 saturated heterocycles. The van der Waals surface area contributed by atoms with Crippen molar-refractivity contribution in [2.45, 2.75) is 38.5 Å². The summed E-state index contributed by atoms with van der Waals surface area (Å²) >= 11 is 0. The second-order valence-electron chi connectivity index (χ2n) is 4.74. The van der Waals surface area contributed by atoms with Gasteiger partial charge in [0.25, 0.3) is 0 Å². The number of benzene rings is 1. The van der Waals surface area contributed by atoms with Crippen LogP contribution >= 0.6 is 0 Å². The summed E-state index contributed by atoms with van der Waals surface area (Å²) in [4.78, 5) is 0. The molecule has 0 aromatic heterocycles. The van der Waals surface area contributed by atoms with Gasteiger partial charge in [-0.25, -0.2) is 4.39 Å². The van der Waals surface area contributed by atoms with Crippen LogP contribution < -0.4 is 10.1 Å². The van der Waals surface area contributed by atoms with Gasteiger partial charge in [-0.05, 0) is 25.8 Å². The normalized spacial score (nSPS) is 16.6. The van der Waals surface area contributed by atoms with E-state index in [2.05, 4.69) is 5.32 Å². The summed E-state index contributed by atoms with van der Waals surface area (Å²) < 4.78 is 24.4. The number of para-hydroxylation sites is 1. The monoisotopic (exact) mass is 253 g/mol. The SMILES string of the molecule is COC(C)COc1c(F)cccc1CNC1CC1. The van der Waals surface area contributed by atoms with Gasteiger partial charge in [0.2, 0.25) is 0 Å². The minimum Gasteiger partial charge on any atom is -0.487 e. The van der Waals surface area contributed by atoms with Crippen LogP contribution in [0, 0.1) is 5.82 Å². The Balaban J connectivity index is 1.99. The standard InChI is InChI=1S/C14H20FNO2/c1-10(17-2)9-18-14-11(4-3-5-13(14)15)8-16-12-6-7-12/h3-5,10,12,16H,6-9H2,1-2H3. The summed E-state index contributed by atoms with van der Waals surface area (Å²) in [6.07, 6.45) is 2.38. The van der Waals surface area contributed by atoms with Crippen LogP contribution in [0.15, 0.2) is 18.2 Å². The molecule has 1 fully saturated rings. The van der Waals surface area contributed by atoms with Gasteiger partial charge in [0.15, 0.2) is 11.6 Å². The molecular formula is C14H20FNO2. The molecule has 0 spiro atoms. The number of hydrogen-bond acceptors (Lipinski definition) is 3. The highest BCUT2D eigenvalue weighted by atomic mass is 19.1. The lowest BCUT2D eigenvalue weighted by Gasteiger charge is -2.15. The van der Waals surface area contributed by atoms with Crippen LogP contribution in [0.4, 0.5) is 4.39 Å². The Kier molecular flexibility index (Phi) is 4.55. The fourth-order valence-electron chi connectivity index (χ4n) is 1.66. The number of nitrogens with one attached hydrogen (secondary N) is 1. The van der Waals surface area contributed by atoms with E-state index in [1.807, 2.05) is 13.0 Å². The van der Waals surface area contributed by atoms with Crippen molar-refractivity contribution >= 4 is 0 Å². The first kappa shape index (κ1) is 13.3. The lowest BCUT2D eigenvalue weighted by Crippen LogP contribution is -2.19. The minimum atomic E-state index is -0.312. The van der Waals surface area contributed by atoms with Gasteiger partial charge in [0.05, 0.1) is 6.10 Å². The first-order valence-electron chi connectivity index (χ1n) is 6.37. The third-order valence-corrected chi connectivity index (χ3v) is 3.07. The van der Waals surface area contributed by atoms with E-state index in [0.29, 0.717) is 24.9 Å². The second-order valence-corrected chi connectivity index (χ2v) is 4.74. The zero-order chi connectivity index (χ0) is 13.0. The molecular weight excluding hydrogens is 233 g/mol. The van der Waals surface area contributed by atoms with Crippen LogP contribution in [0.25, 0.3) is 0 Å². The van der Waals surface area contributed by atoms with Crippen molar-refractivity contribution in [1.29, 1.82) is 0 Å². The molecule has 1 saturated carbocycles. The van der Waals surface area contributed by atoms with Gasteiger partial charge in [-0.15, -0.1) is 0 Å². The van der Waals surface area contributed by atoms with Crippen molar-refractivity contribution in [1.82, 2.24) is 5.32 Å². The molecule has 3 nitrogen and oxygen atoms in total. The van der Waals surface area contributed by atoms with Crippen LogP contribution in [0.5, 0.6) is 5.75 Å². The first-order chi connectivity index (χ1) is 8.70. The third-order valence-electron chi connectivity index (χ3n) is 3.07. The lowest BCUT2D eigenvalue weighted by molar-refractivity contribution is 0.0697. The molecule has 0 radical (unpaired) electrons. The van der Waals surface area contributed by atoms with Crippen LogP contribution in [-0.4, -0.2) is 25.9 Å². The van der Waals surface area contributed by atoms with Gasteiger partial charge in [-0.1, -0.05) is 12.1 Å². The van der Waals surface area contributed by atoms with Gasteiger partial charge >= 0.3 is 0 Å². The number of halogens is 1. The minimum absolute atomic E-state index is 0.0474. The molecule has 1 aliphatic rings. The Hall–Kier alpha value is -1.13. The van der Waals surface area contributed by atoms with Crippen LogP contribution in [0.2, 0.25) is 0 Å². The molecule has 1 atom stereocenters. The topological polar surface area (TPSA) is 30.5 Å². The number of rotatable bonds is 7. The molecule has 1 unspecified atom stereocenters. The maximum atomic E-state index is 13.8. The fourth-order valence-corrected chi connectivity index (χ4v) is 1.66. The molecule has 1 aliphatic carbocycles. The average molecular weight is 253 g/mol. The van der Waals surface area contributed by atoms with Crippen molar-refractivity contribution in [2.24, 2.45) is 0 Å². The van der Waals surface area contributed by atoms with Gasteiger partial charge in [0, 0.05) is 25.3 Å². The van der Waals surface area contributed by atoms with Crippen LogP contribution in [-0.2, 0) is 11.3 Å². The smallest absolute Gasteiger partial charge is 0.165 e. The maximum absolute atomic E-state index is 13.8. The Morgan fingerprint density at radius 2 is 2.22 bits per heavy atom. The number of methoxy groups -OCH3 is 1.